The largest absolute Gasteiger partial charge is 0.481 e. The molecule has 1 heterocycles. The number of benzene rings is 1. The fourth-order valence-corrected chi connectivity index (χ4v) is 1.99. The third kappa shape index (κ3) is 3.11. The van der Waals surface area contributed by atoms with Crippen LogP contribution in [0.2, 0.25) is 0 Å². The highest BCUT2D eigenvalue weighted by atomic mass is 16.4. The highest BCUT2D eigenvalue weighted by Gasteiger charge is 2.08. The van der Waals surface area contributed by atoms with Gasteiger partial charge in [0.05, 0.1) is 6.26 Å². The van der Waals surface area contributed by atoms with Crippen LogP contribution in [-0.2, 0) is 11.3 Å². The lowest BCUT2D eigenvalue weighted by Gasteiger charge is -2.09. The molecule has 1 atom stereocenters. The standard InChI is InChI=1S/C14H17NO3/c1-10(6-14(16)17)7-15-8-11-9-18-13-5-3-2-4-12(11)13/h2-5,9-10,15H,6-8H2,1H3,(H,16,17). The van der Waals surface area contributed by atoms with Crippen molar-refractivity contribution < 1.29 is 14.3 Å². The molecular weight excluding hydrogens is 230 g/mol. The molecule has 0 saturated heterocycles. The molecule has 0 fully saturated rings. The Kier molecular flexibility index (Phi) is 3.99. The average Bonchev–Trinajstić information content (AvgIpc) is 2.72. The van der Waals surface area contributed by atoms with Crippen molar-refractivity contribution in [3.8, 4) is 0 Å². The molecule has 0 aliphatic carbocycles. The van der Waals surface area contributed by atoms with E-state index in [0.717, 1.165) is 16.5 Å². The van der Waals surface area contributed by atoms with Crippen LogP contribution in [0.15, 0.2) is 34.9 Å². The Morgan fingerprint density at radius 1 is 1.44 bits per heavy atom. The van der Waals surface area contributed by atoms with Crippen molar-refractivity contribution in [3.05, 3.63) is 36.1 Å². The number of hydrogen-bond acceptors (Lipinski definition) is 3. The summed E-state index contributed by atoms with van der Waals surface area (Å²) >= 11 is 0. The van der Waals surface area contributed by atoms with Gasteiger partial charge in [0, 0.05) is 23.9 Å². The molecule has 0 radical (unpaired) electrons. The van der Waals surface area contributed by atoms with E-state index in [9.17, 15) is 4.79 Å². The Labute approximate surface area is 106 Å². The normalized spacial score (nSPS) is 12.7. The topological polar surface area (TPSA) is 62.5 Å². The van der Waals surface area contributed by atoms with Crippen molar-refractivity contribution in [2.24, 2.45) is 5.92 Å². The first-order valence-electron chi connectivity index (χ1n) is 6.04. The first-order chi connectivity index (χ1) is 8.66. The zero-order valence-electron chi connectivity index (χ0n) is 10.3. The van der Waals surface area contributed by atoms with Gasteiger partial charge in [-0.25, -0.2) is 0 Å². The van der Waals surface area contributed by atoms with E-state index in [4.69, 9.17) is 9.52 Å². The van der Waals surface area contributed by atoms with Gasteiger partial charge in [-0.15, -0.1) is 0 Å². The summed E-state index contributed by atoms with van der Waals surface area (Å²) in [6, 6.07) is 7.88. The molecule has 1 aromatic heterocycles. The Morgan fingerprint density at radius 2 is 2.22 bits per heavy atom. The lowest BCUT2D eigenvalue weighted by Crippen LogP contribution is -2.22. The molecule has 18 heavy (non-hydrogen) atoms. The van der Waals surface area contributed by atoms with Crippen LogP contribution in [0.25, 0.3) is 11.0 Å². The van der Waals surface area contributed by atoms with Crippen molar-refractivity contribution in [2.75, 3.05) is 6.54 Å². The molecule has 0 aliphatic heterocycles. The Balaban J connectivity index is 1.89. The van der Waals surface area contributed by atoms with E-state index in [0.29, 0.717) is 13.1 Å². The van der Waals surface area contributed by atoms with Gasteiger partial charge < -0.3 is 14.8 Å². The highest BCUT2D eigenvalue weighted by Crippen LogP contribution is 2.20. The summed E-state index contributed by atoms with van der Waals surface area (Å²) < 4.78 is 5.44. The second kappa shape index (κ2) is 5.69. The predicted octanol–water partition coefficient (Wildman–Crippen LogP) is 2.63. The minimum atomic E-state index is -0.752. The molecule has 0 saturated carbocycles. The zero-order chi connectivity index (χ0) is 13.0. The van der Waals surface area contributed by atoms with Gasteiger partial charge in [-0.05, 0) is 18.5 Å². The van der Waals surface area contributed by atoms with Gasteiger partial charge >= 0.3 is 5.97 Å². The minimum absolute atomic E-state index is 0.126. The van der Waals surface area contributed by atoms with E-state index < -0.39 is 5.97 Å². The monoisotopic (exact) mass is 247 g/mol. The number of fused-ring (bicyclic) bond motifs is 1. The molecule has 4 nitrogen and oxygen atoms in total. The second-order valence-corrected chi connectivity index (χ2v) is 4.59. The quantitative estimate of drug-likeness (QED) is 0.823. The van der Waals surface area contributed by atoms with Gasteiger partial charge in [0.15, 0.2) is 0 Å². The second-order valence-electron chi connectivity index (χ2n) is 4.59. The van der Waals surface area contributed by atoms with Gasteiger partial charge in [0.1, 0.15) is 5.58 Å². The van der Waals surface area contributed by atoms with Gasteiger partial charge in [-0.3, -0.25) is 4.79 Å². The number of rotatable bonds is 6. The molecule has 0 aliphatic rings. The first kappa shape index (κ1) is 12.6. The maximum atomic E-state index is 10.5. The number of para-hydroxylation sites is 1. The molecule has 0 spiro atoms. The number of nitrogens with one attached hydrogen (secondary N) is 1. The van der Waals surface area contributed by atoms with Crippen LogP contribution in [-0.4, -0.2) is 17.6 Å². The van der Waals surface area contributed by atoms with Gasteiger partial charge in [-0.1, -0.05) is 25.1 Å². The summed E-state index contributed by atoms with van der Waals surface area (Å²) in [7, 11) is 0. The van der Waals surface area contributed by atoms with Crippen molar-refractivity contribution in [1.82, 2.24) is 5.32 Å². The third-order valence-electron chi connectivity index (χ3n) is 2.89. The molecule has 0 amide bonds. The molecule has 0 bridgehead atoms. The van der Waals surface area contributed by atoms with Gasteiger partial charge in [-0.2, -0.15) is 0 Å². The van der Waals surface area contributed by atoms with Crippen LogP contribution in [0.5, 0.6) is 0 Å². The number of carbonyl (C=O) groups is 1. The van der Waals surface area contributed by atoms with Crippen LogP contribution < -0.4 is 5.32 Å². The number of carboxylic acid groups (broad SMARTS) is 1. The fourth-order valence-electron chi connectivity index (χ4n) is 1.99. The summed E-state index contributed by atoms with van der Waals surface area (Å²) in [6.45, 7) is 3.31. The van der Waals surface area contributed by atoms with E-state index in [2.05, 4.69) is 5.32 Å². The van der Waals surface area contributed by atoms with E-state index in [-0.39, 0.29) is 12.3 Å². The fraction of sp³-hybridized carbons (Fsp3) is 0.357. The lowest BCUT2D eigenvalue weighted by atomic mass is 10.1. The lowest BCUT2D eigenvalue weighted by molar-refractivity contribution is -0.137. The maximum absolute atomic E-state index is 10.5. The first-order valence-corrected chi connectivity index (χ1v) is 6.04. The molecule has 1 unspecified atom stereocenters. The van der Waals surface area contributed by atoms with Crippen molar-refractivity contribution in [3.63, 3.8) is 0 Å². The average molecular weight is 247 g/mol. The highest BCUT2D eigenvalue weighted by molar-refractivity contribution is 5.80. The number of hydrogen-bond donors (Lipinski definition) is 2. The van der Waals surface area contributed by atoms with E-state index in [1.54, 1.807) is 6.26 Å². The van der Waals surface area contributed by atoms with Crippen molar-refractivity contribution >= 4 is 16.9 Å². The Morgan fingerprint density at radius 3 is 3.00 bits per heavy atom. The number of furan rings is 1. The molecule has 2 rings (SSSR count). The van der Waals surface area contributed by atoms with Gasteiger partial charge in [0.2, 0.25) is 0 Å². The van der Waals surface area contributed by atoms with Crippen LogP contribution in [0, 0.1) is 5.92 Å². The maximum Gasteiger partial charge on any atom is 0.303 e. The zero-order valence-corrected chi connectivity index (χ0v) is 10.3. The summed E-state index contributed by atoms with van der Waals surface area (Å²) in [4.78, 5) is 10.5. The molecule has 2 aromatic rings. The van der Waals surface area contributed by atoms with E-state index in [1.165, 1.54) is 0 Å². The smallest absolute Gasteiger partial charge is 0.303 e. The Bertz CT molecular complexity index is 533. The number of carboxylic acids is 1. The molecule has 4 heteroatoms. The van der Waals surface area contributed by atoms with Gasteiger partial charge in [0.25, 0.3) is 0 Å². The van der Waals surface area contributed by atoms with Crippen LogP contribution in [0.4, 0.5) is 0 Å². The summed E-state index contributed by atoms with van der Waals surface area (Å²) in [5.74, 6) is -0.626. The SMILES string of the molecule is CC(CNCc1coc2ccccc12)CC(=O)O. The number of aliphatic carboxylic acids is 1. The van der Waals surface area contributed by atoms with Crippen LogP contribution in [0.1, 0.15) is 18.9 Å². The van der Waals surface area contributed by atoms with E-state index >= 15 is 0 Å². The predicted molar refractivity (Wildman–Crippen MR) is 69.3 cm³/mol. The van der Waals surface area contributed by atoms with Crippen LogP contribution in [0.3, 0.4) is 0 Å². The van der Waals surface area contributed by atoms with Crippen LogP contribution >= 0.6 is 0 Å². The third-order valence-corrected chi connectivity index (χ3v) is 2.89. The summed E-state index contributed by atoms with van der Waals surface area (Å²) in [6.07, 6.45) is 1.94. The van der Waals surface area contributed by atoms with E-state index in [1.807, 2.05) is 31.2 Å². The minimum Gasteiger partial charge on any atom is -0.481 e. The summed E-state index contributed by atoms with van der Waals surface area (Å²) in [5.41, 5.74) is 1.99. The summed E-state index contributed by atoms with van der Waals surface area (Å²) in [5, 5.41) is 13.0. The molecule has 2 N–H and O–H groups in total. The molecular formula is C14H17NO3. The Hall–Kier alpha value is -1.81. The molecule has 1 aromatic carbocycles. The van der Waals surface area contributed by atoms with Crippen molar-refractivity contribution in [2.45, 2.75) is 19.9 Å². The molecule has 96 valence electrons. The van der Waals surface area contributed by atoms with Crippen molar-refractivity contribution in [1.29, 1.82) is 0 Å².